The van der Waals surface area contributed by atoms with Crippen molar-refractivity contribution in [3.05, 3.63) is 29.8 Å². The molecule has 1 aliphatic rings. The molecule has 6 nitrogen and oxygen atoms in total. The zero-order valence-electron chi connectivity index (χ0n) is 12.8. The molecular weight excluding hydrogens is 282 g/mol. The lowest BCUT2D eigenvalue weighted by molar-refractivity contribution is -0.120. The highest BCUT2D eigenvalue weighted by Gasteiger charge is 2.29. The van der Waals surface area contributed by atoms with Crippen molar-refractivity contribution in [2.24, 2.45) is 5.92 Å². The summed E-state index contributed by atoms with van der Waals surface area (Å²) in [6.45, 7) is 5.06. The predicted octanol–water partition coefficient (Wildman–Crippen LogP) is 2.00. The summed E-state index contributed by atoms with van der Waals surface area (Å²) >= 11 is 0. The molecule has 22 heavy (non-hydrogen) atoms. The average molecular weight is 301 g/mol. The summed E-state index contributed by atoms with van der Waals surface area (Å²) in [5.74, 6) is 0.0810. The van der Waals surface area contributed by atoms with E-state index in [2.05, 4.69) is 6.07 Å². The van der Waals surface area contributed by atoms with E-state index in [1.165, 1.54) is 4.90 Å². The first-order chi connectivity index (χ1) is 10.5. The Morgan fingerprint density at radius 3 is 2.82 bits per heavy atom. The van der Waals surface area contributed by atoms with Gasteiger partial charge < -0.3 is 9.64 Å². The van der Waals surface area contributed by atoms with Gasteiger partial charge in [-0.25, -0.2) is 4.79 Å². The van der Waals surface area contributed by atoms with Crippen LogP contribution < -0.4 is 4.90 Å². The monoisotopic (exact) mass is 301 g/mol. The van der Waals surface area contributed by atoms with Crippen LogP contribution >= 0.6 is 0 Å². The minimum absolute atomic E-state index is 0.00624. The Labute approximate surface area is 129 Å². The van der Waals surface area contributed by atoms with E-state index in [0.29, 0.717) is 30.9 Å². The maximum absolute atomic E-state index is 12.2. The van der Waals surface area contributed by atoms with Gasteiger partial charge in [0.2, 0.25) is 5.91 Å². The number of carbonyl (C=O) groups excluding carboxylic acids is 2. The Hall–Kier alpha value is -2.55. The lowest BCUT2D eigenvalue weighted by Gasteiger charge is -2.33. The molecule has 1 saturated heterocycles. The summed E-state index contributed by atoms with van der Waals surface area (Å²) < 4.78 is 5.14. The molecule has 0 saturated carbocycles. The quantitative estimate of drug-likeness (QED) is 0.856. The Morgan fingerprint density at radius 2 is 2.18 bits per heavy atom. The minimum Gasteiger partial charge on any atom is -0.449 e. The molecule has 116 valence electrons. The molecule has 1 aromatic carbocycles. The van der Waals surface area contributed by atoms with E-state index < -0.39 is 6.09 Å². The first-order valence-corrected chi connectivity index (χ1v) is 7.23. The summed E-state index contributed by atoms with van der Waals surface area (Å²) in [7, 11) is 0. The lowest BCUT2D eigenvalue weighted by Crippen LogP contribution is -2.52. The lowest BCUT2D eigenvalue weighted by atomic mass is 10.2. The van der Waals surface area contributed by atoms with Crippen molar-refractivity contribution in [2.75, 3.05) is 31.1 Å². The highest BCUT2D eigenvalue weighted by molar-refractivity contribution is 5.97. The molecular formula is C16H19N3O3. The summed E-state index contributed by atoms with van der Waals surface area (Å²) in [5, 5.41) is 8.92. The smallest absolute Gasteiger partial charge is 0.410 e. The van der Waals surface area contributed by atoms with E-state index >= 15 is 0 Å². The van der Waals surface area contributed by atoms with Crippen molar-refractivity contribution in [2.45, 2.75) is 13.8 Å². The van der Waals surface area contributed by atoms with Crippen molar-refractivity contribution in [1.82, 2.24) is 4.90 Å². The third-order valence-electron chi connectivity index (χ3n) is 3.31. The number of ether oxygens (including phenoxy) is 1. The van der Waals surface area contributed by atoms with Gasteiger partial charge in [0.05, 0.1) is 18.2 Å². The Balaban J connectivity index is 1.99. The van der Waals surface area contributed by atoms with Crippen LogP contribution in [-0.4, -0.2) is 43.1 Å². The van der Waals surface area contributed by atoms with Gasteiger partial charge >= 0.3 is 6.09 Å². The van der Waals surface area contributed by atoms with E-state index in [1.54, 1.807) is 29.2 Å². The van der Waals surface area contributed by atoms with E-state index in [-0.39, 0.29) is 18.4 Å². The summed E-state index contributed by atoms with van der Waals surface area (Å²) in [5.41, 5.74) is 1.18. The number of hydrogen-bond donors (Lipinski definition) is 0. The molecule has 0 aliphatic carbocycles. The van der Waals surface area contributed by atoms with Crippen molar-refractivity contribution < 1.29 is 14.3 Å². The first kappa shape index (κ1) is 15.8. The van der Waals surface area contributed by atoms with Crippen LogP contribution in [0.25, 0.3) is 0 Å². The van der Waals surface area contributed by atoms with Gasteiger partial charge in [0.25, 0.3) is 0 Å². The number of hydrogen-bond acceptors (Lipinski definition) is 4. The van der Waals surface area contributed by atoms with Crippen LogP contribution in [0.15, 0.2) is 24.3 Å². The van der Waals surface area contributed by atoms with Gasteiger partial charge in [-0.05, 0) is 24.1 Å². The number of nitriles is 1. The second-order valence-electron chi connectivity index (χ2n) is 5.60. The summed E-state index contributed by atoms with van der Waals surface area (Å²) in [6.07, 6.45) is -0.451. The molecule has 0 aromatic heterocycles. The second-order valence-corrected chi connectivity index (χ2v) is 5.60. The Bertz CT molecular complexity index is 607. The van der Waals surface area contributed by atoms with Crippen LogP contribution in [0, 0.1) is 17.2 Å². The zero-order valence-corrected chi connectivity index (χ0v) is 12.8. The number of rotatable bonds is 3. The van der Waals surface area contributed by atoms with Crippen LogP contribution in [0.1, 0.15) is 19.4 Å². The van der Waals surface area contributed by atoms with Crippen LogP contribution in [0.4, 0.5) is 10.5 Å². The van der Waals surface area contributed by atoms with Crippen molar-refractivity contribution in [3.63, 3.8) is 0 Å². The molecule has 1 fully saturated rings. The van der Waals surface area contributed by atoms with E-state index in [9.17, 15) is 9.59 Å². The van der Waals surface area contributed by atoms with Crippen molar-refractivity contribution >= 4 is 17.7 Å². The van der Waals surface area contributed by atoms with Crippen molar-refractivity contribution in [1.29, 1.82) is 5.26 Å². The number of anilines is 1. The Morgan fingerprint density at radius 1 is 1.41 bits per heavy atom. The van der Waals surface area contributed by atoms with Crippen LogP contribution in [0.2, 0.25) is 0 Å². The van der Waals surface area contributed by atoms with Gasteiger partial charge in [-0.3, -0.25) is 9.69 Å². The highest BCUT2D eigenvalue weighted by Crippen LogP contribution is 2.19. The fourth-order valence-corrected chi connectivity index (χ4v) is 2.17. The van der Waals surface area contributed by atoms with Crippen LogP contribution in [0.5, 0.6) is 0 Å². The standard InChI is InChI=1S/C16H19N3O3/c1-12(2)11-22-16(21)18-6-7-19(15(20)10-18)14-5-3-4-13(8-14)9-17/h3-5,8,12H,6-7,10-11H2,1-2H3. The van der Waals surface area contributed by atoms with Gasteiger partial charge in [0.15, 0.2) is 0 Å². The van der Waals surface area contributed by atoms with Crippen LogP contribution in [0.3, 0.4) is 0 Å². The van der Waals surface area contributed by atoms with Gasteiger partial charge in [0, 0.05) is 18.8 Å². The fraction of sp³-hybridized carbons (Fsp3) is 0.438. The fourth-order valence-electron chi connectivity index (χ4n) is 2.17. The van der Waals surface area contributed by atoms with E-state index in [4.69, 9.17) is 10.00 Å². The molecule has 1 heterocycles. The number of amides is 2. The maximum Gasteiger partial charge on any atom is 0.410 e. The highest BCUT2D eigenvalue weighted by atomic mass is 16.6. The predicted molar refractivity (Wildman–Crippen MR) is 81.3 cm³/mol. The summed E-state index contributed by atoms with van der Waals surface area (Å²) in [4.78, 5) is 27.1. The molecule has 2 amide bonds. The molecule has 0 spiro atoms. The normalized spacial score (nSPS) is 14.9. The van der Waals surface area contributed by atoms with Gasteiger partial charge in [-0.1, -0.05) is 19.9 Å². The van der Waals surface area contributed by atoms with Crippen molar-refractivity contribution in [3.8, 4) is 6.07 Å². The van der Waals surface area contributed by atoms with E-state index in [0.717, 1.165) is 0 Å². The van der Waals surface area contributed by atoms with Gasteiger partial charge in [-0.2, -0.15) is 5.26 Å². The number of benzene rings is 1. The second kappa shape index (κ2) is 6.94. The maximum atomic E-state index is 12.2. The largest absolute Gasteiger partial charge is 0.449 e. The average Bonchev–Trinajstić information content (AvgIpc) is 2.52. The SMILES string of the molecule is CC(C)COC(=O)N1CCN(c2cccc(C#N)c2)C(=O)C1. The molecule has 0 bridgehead atoms. The molecule has 0 N–H and O–H groups in total. The van der Waals surface area contributed by atoms with Crippen LogP contribution in [-0.2, 0) is 9.53 Å². The zero-order chi connectivity index (χ0) is 16.1. The van der Waals surface area contributed by atoms with Gasteiger partial charge in [0.1, 0.15) is 6.54 Å². The first-order valence-electron chi connectivity index (χ1n) is 7.23. The van der Waals surface area contributed by atoms with E-state index in [1.807, 2.05) is 13.8 Å². The summed E-state index contributed by atoms with van der Waals surface area (Å²) in [6, 6.07) is 8.94. The Kier molecular flexibility index (Phi) is 4.99. The number of piperazine rings is 1. The van der Waals surface area contributed by atoms with Gasteiger partial charge in [-0.15, -0.1) is 0 Å². The number of nitrogens with zero attached hydrogens (tertiary/aromatic N) is 3. The third-order valence-corrected chi connectivity index (χ3v) is 3.31. The number of carbonyl (C=O) groups is 2. The molecule has 1 aliphatic heterocycles. The molecule has 2 rings (SSSR count). The minimum atomic E-state index is -0.451. The molecule has 0 unspecified atom stereocenters. The molecule has 6 heteroatoms. The molecule has 0 radical (unpaired) electrons. The molecule has 0 atom stereocenters. The molecule has 1 aromatic rings. The third kappa shape index (κ3) is 3.76. The topological polar surface area (TPSA) is 73.6 Å².